The summed E-state index contributed by atoms with van der Waals surface area (Å²) in [5.74, 6) is -0.905. The van der Waals surface area contributed by atoms with E-state index in [-0.39, 0.29) is 31.1 Å². The molecule has 0 unspecified atom stereocenters. The van der Waals surface area contributed by atoms with Crippen molar-refractivity contribution >= 4 is 17.9 Å². The Morgan fingerprint density at radius 3 is 1.00 bits per heavy atom. The number of hydrogen-bond acceptors (Lipinski definition) is 6. The van der Waals surface area contributed by atoms with Gasteiger partial charge in [0.25, 0.3) is 0 Å². The summed E-state index contributed by atoms with van der Waals surface area (Å²) in [6, 6.07) is 0. The number of hydrogen-bond donors (Lipinski definition) is 0. The highest BCUT2D eigenvalue weighted by Gasteiger charge is 2.19. The zero-order valence-corrected chi connectivity index (χ0v) is 40.4. The fourth-order valence-corrected chi connectivity index (χ4v) is 7.27. The fourth-order valence-electron chi connectivity index (χ4n) is 7.27. The van der Waals surface area contributed by atoms with Gasteiger partial charge in [0.2, 0.25) is 0 Å². The molecule has 0 N–H and O–H groups in total. The first-order valence-corrected chi connectivity index (χ1v) is 26.1. The van der Waals surface area contributed by atoms with E-state index in [9.17, 15) is 14.4 Å². The molecule has 6 heteroatoms. The van der Waals surface area contributed by atoms with E-state index in [4.69, 9.17) is 14.2 Å². The number of carbonyl (C=O) groups is 3. The predicted octanol–water partition coefficient (Wildman–Crippen LogP) is 17.1. The Labute approximate surface area is 378 Å². The second-order valence-corrected chi connectivity index (χ2v) is 17.4. The van der Waals surface area contributed by atoms with Crippen LogP contribution in [0.15, 0.2) is 48.6 Å². The standard InChI is InChI=1S/C55H98O6/c1-4-7-10-13-16-19-22-25-27-28-29-31-33-36-39-42-45-48-54(57)60-51-52(50-59-53(56)47-44-41-38-35-32-24-21-18-15-12-9-6-3)61-55(58)49-46-43-40-37-34-30-26-23-20-17-14-11-8-5-2/h14,17-18,21,23,25-27,52H,4-13,15-16,19-20,22,24,28-51H2,1-3H3/b17-14-,21-18-,26-23-,27-25-/t52-/m1/s1. The lowest BCUT2D eigenvalue weighted by molar-refractivity contribution is -0.167. The van der Waals surface area contributed by atoms with Crippen LogP contribution in [0.3, 0.4) is 0 Å². The van der Waals surface area contributed by atoms with Crippen LogP contribution in [0.1, 0.15) is 265 Å². The Morgan fingerprint density at radius 1 is 0.328 bits per heavy atom. The van der Waals surface area contributed by atoms with Crippen molar-refractivity contribution in [3.05, 3.63) is 48.6 Å². The predicted molar refractivity (Wildman–Crippen MR) is 261 cm³/mol. The maximum atomic E-state index is 12.8. The first-order valence-electron chi connectivity index (χ1n) is 26.1. The first-order chi connectivity index (χ1) is 30.0. The van der Waals surface area contributed by atoms with Crippen molar-refractivity contribution in [1.29, 1.82) is 0 Å². The molecule has 354 valence electrons. The van der Waals surface area contributed by atoms with E-state index in [2.05, 4.69) is 69.4 Å². The topological polar surface area (TPSA) is 78.9 Å². The van der Waals surface area contributed by atoms with E-state index in [1.807, 2.05) is 0 Å². The van der Waals surface area contributed by atoms with Gasteiger partial charge in [-0.3, -0.25) is 14.4 Å². The molecule has 6 nitrogen and oxygen atoms in total. The molecule has 0 aliphatic carbocycles. The Balaban J connectivity index is 4.38. The lowest BCUT2D eigenvalue weighted by Crippen LogP contribution is -2.30. The molecule has 0 heterocycles. The van der Waals surface area contributed by atoms with Gasteiger partial charge in [0, 0.05) is 19.3 Å². The lowest BCUT2D eigenvalue weighted by atomic mass is 10.1. The summed E-state index contributed by atoms with van der Waals surface area (Å²) in [6.45, 7) is 6.56. The molecule has 0 aliphatic rings. The van der Waals surface area contributed by atoms with Crippen LogP contribution < -0.4 is 0 Å². The van der Waals surface area contributed by atoms with Crippen LogP contribution >= 0.6 is 0 Å². The van der Waals surface area contributed by atoms with Crippen molar-refractivity contribution in [1.82, 2.24) is 0 Å². The van der Waals surface area contributed by atoms with E-state index in [1.54, 1.807) is 0 Å². The van der Waals surface area contributed by atoms with E-state index >= 15 is 0 Å². The molecule has 0 radical (unpaired) electrons. The molecule has 0 fully saturated rings. The highest BCUT2D eigenvalue weighted by molar-refractivity contribution is 5.71. The van der Waals surface area contributed by atoms with Crippen molar-refractivity contribution in [3.63, 3.8) is 0 Å². The quantitative estimate of drug-likeness (QED) is 0.0263. The van der Waals surface area contributed by atoms with Crippen molar-refractivity contribution in [2.75, 3.05) is 13.2 Å². The van der Waals surface area contributed by atoms with Crippen molar-refractivity contribution in [2.24, 2.45) is 0 Å². The zero-order valence-electron chi connectivity index (χ0n) is 40.4. The molecule has 0 rings (SSSR count). The molecule has 1 atom stereocenters. The minimum atomic E-state index is -0.783. The molecule has 0 aromatic heterocycles. The average molecular weight is 855 g/mol. The molecular weight excluding hydrogens is 757 g/mol. The summed E-state index contributed by atoms with van der Waals surface area (Å²) in [6.07, 6.45) is 59.5. The highest BCUT2D eigenvalue weighted by Crippen LogP contribution is 2.14. The minimum absolute atomic E-state index is 0.0830. The third-order valence-electron chi connectivity index (χ3n) is 11.3. The number of esters is 3. The highest BCUT2D eigenvalue weighted by atomic mass is 16.6. The molecule has 0 aromatic carbocycles. The van der Waals surface area contributed by atoms with Gasteiger partial charge in [0.1, 0.15) is 13.2 Å². The van der Waals surface area contributed by atoms with E-state index in [1.165, 1.54) is 135 Å². The summed E-state index contributed by atoms with van der Waals surface area (Å²) < 4.78 is 16.8. The van der Waals surface area contributed by atoms with Crippen LogP contribution in [-0.2, 0) is 28.6 Å². The Hall–Kier alpha value is -2.63. The third kappa shape index (κ3) is 48.3. The number of carbonyl (C=O) groups excluding carboxylic acids is 3. The molecule has 61 heavy (non-hydrogen) atoms. The number of rotatable bonds is 47. The van der Waals surface area contributed by atoms with E-state index in [0.717, 1.165) is 89.9 Å². The van der Waals surface area contributed by atoms with Gasteiger partial charge in [-0.05, 0) is 96.3 Å². The molecule has 0 bridgehead atoms. The van der Waals surface area contributed by atoms with Gasteiger partial charge in [-0.25, -0.2) is 0 Å². The Morgan fingerprint density at radius 2 is 0.607 bits per heavy atom. The maximum absolute atomic E-state index is 12.8. The second-order valence-electron chi connectivity index (χ2n) is 17.4. The zero-order chi connectivity index (χ0) is 44.4. The van der Waals surface area contributed by atoms with Gasteiger partial charge in [0.15, 0.2) is 6.10 Å². The fraction of sp³-hybridized carbons (Fsp3) is 0.800. The van der Waals surface area contributed by atoms with Crippen molar-refractivity contribution in [2.45, 2.75) is 271 Å². The van der Waals surface area contributed by atoms with Gasteiger partial charge in [0.05, 0.1) is 0 Å². The summed E-state index contributed by atoms with van der Waals surface area (Å²) >= 11 is 0. The lowest BCUT2D eigenvalue weighted by Gasteiger charge is -2.18. The van der Waals surface area contributed by atoms with Crippen LogP contribution in [0.25, 0.3) is 0 Å². The monoisotopic (exact) mass is 855 g/mol. The van der Waals surface area contributed by atoms with Crippen LogP contribution in [0.5, 0.6) is 0 Å². The average Bonchev–Trinajstić information content (AvgIpc) is 3.26. The molecule has 0 amide bonds. The minimum Gasteiger partial charge on any atom is -0.462 e. The second kappa shape index (κ2) is 50.0. The molecule has 0 aromatic rings. The number of unbranched alkanes of at least 4 members (excludes halogenated alkanes) is 28. The van der Waals surface area contributed by atoms with E-state index in [0.29, 0.717) is 19.3 Å². The molecule has 0 saturated heterocycles. The normalized spacial score (nSPS) is 12.4. The molecule has 0 spiro atoms. The third-order valence-corrected chi connectivity index (χ3v) is 11.3. The van der Waals surface area contributed by atoms with Crippen LogP contribution in [0, 0.1) is 0 Å². The SMILES string of the molecule is CCCC/C=C\C/C=C\CCCCCCCC(=O)O[C@H](COC(=O)CCCCCCC/C=C\CCCCC)COC(=O)CCCCCCCCC/C=C\CCCCCCCC. The molecule has 0 saturated carbocycles. The van der Waals surface area contributed by atoms with Gasteiger partial charge in [-0.2, -0.15) is 0 Å². The van der Waals surface area contributed by atoms with Crippen LogP contribution in [0.4, 0.5) is 0 Å². The summed E-state index contributed by atoms with van der Waals surface area (Å²) in [4.78, 5) is 37.9. The Bertz CT molecular complexity index is 1070. The number of ether oxygens (including phenoxy) is 3. The van der Waals surface area contributed by atoms with Crippen molar-refractivity contribution < 1.29 is 28.6 Å². The summed E-state index contributed by atoms with van der Waals surface area (Å²) in [5.41, 5.74) is 0. The summed E-state index contributed by atoms with van der Waals surface area (Å²) in [7, 11) is 0. The maximum Gasteiger partial charge on any atom is 0.306 e. The van der Waals surface area contributed by atoms with Gasteiger partial charge in [-0.1, -0.05) is 198 Å². The smallest absolute Gasteiger partial charge is 0.306 e. The number of allylic oxidation sites excluding steroid dienone is 8. The largest absolute Gasteiger partial charge is 0.462 e. The van der Waals surface area contributed by atoms with Crippen LogP contribution in [0.2, 0.25) is 0 Å². The van der Waals surface area contributed by atoms with Gasteiger partial charge < -0.3 is 14.2 Å². The molecular formula is C55H98O6. The van der Waals surface area contributed by atoms with Crippen LogP contribution in [-0.4, -0.2) is 37.2 Å². The van der Waals surface area contributed by atoms with Crippen molar-refractivity contribution in [3.8, 4) is 0 Å². The van der Waals surface area contributed by atoms with Gasteiger partial charge in [-0.15, -0.1) is 0 Å². The molecule has 0 aliphatic heterocycles. The van der Waals surface area contributed by atoms with Gasteiger partial charge >= 0.3 is 17.9 Å². The summed E-state index contributed by atoms with van der Waals surface area (Å²) in [5, 5.41) is 0. The first kappa shape index (κ1) is 58.4. The van der Waals surface area contributed by atoms with E-state index < -0.39 is 6.10 Å². The Kier molecular flexibility index (Phi) is 47.9.